The summed E-state index contributed by atoms with van der Waals surface area (Å²) in [5.74, 6) is -0.594. The van der Waals surface area contributed by atoms with Crippen molar-refractivity contribution >= 4 is 17.4 Å². The van der Waals surface area contributed by atoms with Gasteiger partial charge in [0.25, 0.3) is 0 Å². The third-order valence-corrected chi connectivity index (χ3v) is 7.86. The second kappa shape index (κ2) is 10.9. The lowest BCUT2D eigenvalue weighted by molar-refractivity contribution is -0.139. The van der Waals surface area contributed by atoms with Crippen LogP contribution < -0.4 is 16.4 Å². The van der Waals surface area contributed by atoms with E-state index in [9.17, 15) is 22.4 Å². The number of carbonyl (C=O) groups is 1. The maximum atomic E-state index is 13.6. The molecule has 3 aromatic carbocycles. The molecule has 1 aliphatic carbocycles. The van der Waals surface area contributed by atoms with Gasteiger partial charge in [-0.3, -0.25) is 0 Å². The second-order valence-electron chi connectivity index (χ2n) is 10.7. The monoisotopic (exact) mass is 540 g/mol. The number of alkyl halides is 3. The average Bonchev–Trinajstić information content (AvgIpc) is 3.73. The Labute approximate surface area is 225 Å². The number of anilines is 2. The number of benzene rings is 3. The number of urea groups is 1. The van der Waals surface area contributed by atoms with E-state index in [1.54, 1.807) is 0 Å². The highest BCUT2D eigenvalue weighted by Crippen LogP contribution is 2.38. The van der Waals surface area contributed by atoms with Crippen molar-refractivity contribution in [3.63, 3.8) is 0 Å². The summed E-state index contributed by atoms with van der Waals surface area (Å²) >= 11 is 0. The molecule has 3 aromatic rings. The van der Waals surface area contributed by atoms with Crippen molar-refractivity contribution < 1.29 is 22.4 Å². The van der Waals surface area contributed by atoms with Crippen LogP contribution >= 0.6 is 0 Å². The van der Waals surface area contributed by atoms with Crippen LogP contribution in [0.15, 0.2) is 66.7 Å². The van der Waals surface area contributed by atoms with Crippen molar-refractivity contribution in [2.45, 2.75) is 37.3 Å². The quantitative estimate of drug-likeness (QED) is 0.232. The molecule has 206 valence electrons. The van der Waals surface area contributed by atoms with Crippen LogP contribution in [0.25, 0.3) is 11.1 Å². The number of nitrogen functional groups attached to an aromatic ring is 1. The molecule has 0 bridgehead atoms. The summed E-state index contributed by atoms with van der Waals surface area (Å²) in [4.78, 5) is 15.2. The molecule has 0 radical (unpaired) electrons. The maximum Gasteiger partial charge on any atom is 0.419 e. The van der Waals surface area contributed by atoms with Gasteiger partial charge >= 0.3 is 12.2 Å². The van der Waals surface area contributed by atoms with E-state index in [4.69, 9.17) is 5.73 Å². The fourth-order valence-corrected chi connectivity index (χ4v) is 5.38. The van der Waals surface area contributed by atoms with Crippen molar-refractivity contribution in [2.75, 3.05) is 37.2 Å². The first-order valence-electron chi connectivity index (χ1n) is 13.2. The van der Waals surface area contributed by atoms with Gasteiger partial charge in [0.1, 0.15) is 5.82 Å². The number of hydrogen-bond acceptors (Lipinski definition) is 3. The number of amides is 2. The molecular formula is C30H32F4N4O. The molecule has 2 amide bonds. The van der Waals surface area contributed by atoms with E-state index >= 15 is 0 Å². The Hall–Kier alpha value is -3.59. The summed E-state index contributed by atoms with van der Waals surface area (Å²) < 4.78 is 52.9. The Morgan fingerprint density at radius 2 is 1.69 bits per heavy atom. The fourth-order valence-electron chi connectivity index (χ4n) is 5.38. The minimum Gasteiger partial charge on any atom is -0.399 e. The summed E-state index contributed by atoms with van der Waals surface area (Å²) in [6, 6.07) is 17.8. The smallest absolute Gasteiger partial charge is 0.399 e. The van der Waals surface area contributed by atoms with Crippen molar-refractivity contribution in [2.24, 2.45) is 5.92 Å². The van der Waals surface area contributed by atoms with Gasteiger partial charge in [-0.2, -0.15) is 13.2 Å². The minimum absolute atomic E-state index is 0.124. The van der Waals surface area contributed by atoms with Gasteiger partial charge in [-0.1, -0.05) is 36.4 Å². The summed E-state index contributed by atoms with van der Waals surface area (Å²) in [7, 11) is 0. The molecule has 1 saturated carbocycles. The van der Waals surface area contributed by atoms with Crippen LogP contribution in [0.3, 0.4) is 0 Å². The van der Waals surface area contributed by atoms with Crippen LogP contribution in [0.5, 0.6) is 0 Å². The lowest BCUT2D eigenvalue weighted by Gasteiger charge is -2.42. The lowest BCUT2D eigenvalue weighted by atomic mass is 9.72. The molecule has 0 atom stereocenters. The van der Waals surface area contributed by atoms with E-state index in [1.165, 1.54) is 12.8 Å². The fraction of sp³-hybridized carbons (Fsp3) is 0.367. The van der Waals surface area contributed by atoms with Crippen molar-refractivity contribution in [3.05, 3.63) is 83.7 Å². The molecule has 5 nitrogen and oxygen atoms in total. The molecular weight excluding hydrogens is 508 g/mol. The first-order chi connectivity index (χ1) is 18.6. The number of hydrogen-bond donors (Lipinski definition) is 3. The standard InChI is InChI=1S/C30H32F4N4O/c31-27-11-10-25(17-26(27)30(32,33)34)37-28(39)36-19-29(12-14-38(15-13-29)18-20-4-5-20)23-8-6-21(7-9-23)22-2-1-3-24(35)16-22/h1-3,6-11,16-17,20H,4-5,12-15,18-19,35H2,(H2,36,37,39). The Morgan fingerprint density at radius 3 is 2.33 bits per heavy atom. The van der Waals surface area contributed by atoms with Gasteiger partial charge in [0, 0.05) is 29.9 Å². The van der Waals surface area contributed by atoms with E-state index in [-0.39, 0.29) is 11.1 Å². The van der Waals surface area contributed by atoms with E-state index in [2.05, 4.69) is 39.8 Å². The van der Waals surface area contributed by atoms with Crippen LogP contribution in [-0.4, -0.2) is 37.1 Å². The number of nitrogens with two attached hydrogens (primary N) is 1. The first kappa shape index (κ1) is 27.0. The molecule has 4 N–H and O–H groups in total. The van der Waals surface area contributed by atoms with Crippen molar-refractivity contribution in [1.29, 1.82) is 0 Å². The van der Waals surface area contributed by atoms with Crippen LogP contribution in [0.1, 0.15) is 36.8 Å². The molecule has 0 spiro atoms. The first-order valence-corrected chi connectivity index (χ1v) is 13.2. The Balaban J connectivity index is 1.31. The molecule has 0 unspecified atom stereocenters. The third-order valence-electron chi connectivity index (χ3n) is 7.86. The topological polar surface area (TPSA) is 70.4 Å². The number of nitrogens with one attached hydrogen (secondary N) is 2. The Kier molecular flexibility index (Phi) is 7.53. The van der Waals surface area contributed by atoms with Gasteiger partial charge in [0.05, 0.1) is 5.56 Å². The largest absolute Gasteiger partial charge is 0.419 e. The van der Waals surface area contributed by atoms with Crippen LogP contribution in [0, 0.1) is 11.7 Å². The number of nitrogens with zero attached hydrogens (tertiary/aromatic N) is 1. The summed E-state index contributed by atoms with van der Waals surface area (Å²) in [5, 5.41) is 5.30. The summed E-state index contributed by atoms with van der Waals surface area (Å²) in [5.41, 5.74) is 7.93. The third kappa shape index (κ3) is 6.53. The number of piperidine rings is 1. The number of halogens is 4. The molecule has 5 rings (SSSR count). The van der Waals surface area contributed by atoms with Crippen LogP contribution in [0.2, 0.25) is 0 Å². The molecule has 2 fully saturated rings. The van der Waals surface area contributed by atoms with E-state index in [1.807, 2.05) is 24.3 Å². The van der Waals surface area contributed by atoms with Gasteiger partial charge in [-0.15, -0.1) is 0 Å². The van der Waals surface area contributed by atoms with E-state index in [0.29, 0.717) is 24.4 Å². The normalized spacial score (nSPS) is 17.5. The molecule has 9 heteroatoms. The lowest BCUT2D eigenvalue weighted by Crippen LogP contribution is -2.50. The summed E-state index contributed by atoms with van der Waals surface area (Å²) in [6.45, 7) is 3.23. The van der Waals surface area contributed by atoms with E-state index in [0.717, 1.165) is 61.2 Å². The number of carbonyl (C=O) groups excluding carboxylic acids is 1. The van der Waals surface area contributed by atoms with Crippen molar-refractivity contribution in [1.82, 2.24) is 10.2 Å². The van der Waals surface area contributed by atoms with Gasteiger partial charge in [-0.25, -0.2) is 9.18 Å². The van der Waals surface area contributed by atoms with E-state index < -0.39 is 23.6 Å². The second-order valence-corrected chi connectivity index (χ2v) is 10.7. The number of rotatable bonds is 7. The predicted octanol–water partition coefficient (Wildman–Crippen LogP) is 6.66. The highest BCUT2D eigenvalue weighted by Gasteiger charge is 2.38. The zero-order valence-electron chi connectivity index (χ0n) is 21.5. The van der Waals surface area contributed by atoms with Crippen LogP contribution in [0.4, 0.5) is 33.7 Å². The summed E-state index contributed by atoms with van der Waals surface area (Å²) in [6.07, 6.45) is -0.601. The molecule has 1 aliphatic heterocycles. The average molecular weight is 541 g/mol. The highest BCUT2D eigenvalue weighted by atomic mass is 19.4. The van der Waals surface area contributed by atoms with Gasteiger partial charge < -0.3 is 21.3 Å². The molecule has 39 heavy (non-hydrogen) atoms. The minimum atomic E-state index is -4.85. The maximum absolute atomic E-state index is 13.6. The number of likely N-dealkylation sites (tertiary alicyclic amines) is 1. The SMILES string of the molecule is Nc1cccc(-c2ccc(C3(CNC(=O)Nc4ccc(F)c(C(F)(F)F)c4)CCN(CC4CC4)CC3)cc2)c1. The van der Waals surface area contributed by atoms with Crippen molar-refractivity contribution in [3.8, 4) is 11.1 Å². The molecule has 2 aliphatic rings. The van der Waals surface area contributed by atoms with Gasteiger partial charge in [-0.05, 0) is 91.7 Å². The van der Waals surface area contributed by atoms with Crippen LogP contribution in [-0.2, 0) is 11.6 Å². The highest BCUT2D eigenvalue weighted by molar-refractivity contribution is 5.89. The predicted molar refractivity (Wildman–Crippen MR) is 145 cm³/mol. The molecule has 0 aromatic heterocycles. The zero-order valence-corrected chi connectivity index (χ0v) is 21.5. The Bertz CT molecular complexity index is 1310. The Morgan fingerprint density at radius 1 is 0.974 bits per heavy atom. The van der Waals surface area contributed by atoms with Gasteiger partial charge in [0.2, 0.25) is 0 Å². The van der Waals surface area contributed by atoms with Gasteiger partial charge in [0.15, 0.2) is 0 Å². The molecule has 1 saturated heterocycles. The molecule has 1 heterocycles. The zero-order chi connectivity index (χ0) is 27.6.